The normalized spacial score (nSPS) is 15.1. The van der Waals surface area contributed by atoms with Gasteiger partial charge in [-0.1, -0.05) is 24.6 Å². The minimum Gasteiger partial charge on any atom is -0.370 e. The van der Waals surface area contributed by atoms with Crippen molar-refractivity contribution in [2.45, 2.75) is 43.7 Å². The minimum atomic E-state index is -3.43. The summed E-state index contributed by atoms with van der Waals surface area (Å²) >= 11 is 1.20. The van der Waals surface area contributed by atoms with E-state index in [1.54, 1.807) is 16.4 Å². The first-order valence-electron chi connectivity index (χ1n) is 10.6. The lowest BCUT2D eigenvalue weighted by Gasteiger charge is -2.25. The van der Waals surface area contributed by atoms with Crippen LogP contribution in [0.15, 0.2) is 40.6 Å². The molecule has 1 aromatic heterocycles. The van der Waals surface area contributed by atoms with Crippen LogP contribution in [0.4, 0.5) is 5.69 Å². The molecule has 1 fully saturated rings. The zero-order valence-electron chi connectivity index (χ0n) is 17.8. The molecule has 2 aromatic rings. The largest absolute Gasteiger partial charge is 0.370 e. The molecule has 30 heavy (non-hydrogen) atoms. The first kappa shape index (κ1) is 22.8. The Balaban J connectivity index is 1.51. The smallest absolute Gasteiger partial charge is 0.252 e. The van der Waals surface area contributed by atoms with Gasteiger partial charge < -0.3 is 10.2 Å². The molecule has 1 saturated heterocycles. The van der Waals surface area contributed by atoms with Gasteiger partial charge in [0.1, 0.15) is 4.21 Å². The van der Waals surface area contributed by atoms with Crippen molar-refractivity contribution in [3.05, 3.63) is 46.8 Å². The van der Waals surface area contributed by atoms with E-state index in [2.05, 4.69) is 36.2 Å². The molecular weight excluding hydrogens is 418 g/mol. The number of hydrogen-bond acceptors (Lipinski definition) is 5. The maximum absolute atomic E-state index is 12.8. The standard InChI is InChI=1S/C22H31N3O3S2/c1-3-24(20-10-6-5-9-18(20)2)16-13-23-21(26)17-19-11-12-22(29-19)30(27,28)25-14-7-4-8-15-25/h5-6,9-12H,3-4,7-8,13-17H2,1-2H3,(H,23,26). The molecule has 3 rings (SSSR count). The highest BCUT2D eigenvalue weighted by atomic mass is 32.2. The molecule has 6 nitrogen and oxygen atoms in total. The van der Waals surface area contributed by atoms with Gasteiger partial charge in [0.25, 0.3) is 10.0 Å². The van der Waals surface area contributed by atoms with Gasteiger partial charge in [-0.2, -0.15) is 4.31 Å². The van der Waals surface area contributed by atoms with Crippen molar-refractivity contribution in [1.82, 2.24) is 9.62 Å². The summed E-state index contributed by atoms with van der Waals surface area (Å²) in [5.41, 5.74) is 2.40. The highest BCUT2D eigenvalue weighted by Gasteiger charge is 2.27. The number of para-hydroxylation sites is 1. The van der Waals surface area contributed by atoms with E-state index >= 15 is 0 Å². The molecule has 1 aliphatic heterocycles. The lowest BCUT2D eigenvalue weighted by molar-refractivity contribution is -0.120. The van der Waals surface area contributed by atoms with Crippen molar-refractivity contribution in [3.63, 3.8) is 0 Å². The summed E-state index contributed by atoms with van der Waals surface area (Å²) in [7, 11) is -3.43. The van der Waals surface area contributed by atoms with Crippen LogP contribution in [-0.4, -0.2) is 51.4 Å². The molecular formula is C22H31N3O3S2. The molecule has 1 N–H and O–H groups in total. The van der Waals surface area contributed by atoms with Crippen LogP contribution >= 0.6 is 11.3 Å². The van der Waals surface area contributed by atoms with Crippen LogP contribution in [0.5, 0.6) is 0 Å². The fraction of sp³-hybridized carbons (Fsp3) is 0.500. The Morgan fingerprint density at radius 3 is 2.57 bits per heavy atom. The van der Waals surface area contributed by atoms with E-state index in [-0.39, 0.29) is 12.3 Å². The molecule has 0 unspecified atom stereocenters. The van der Waals surface area contributed by atoms with E-state index in [0.717, 1.165) is 37.2 Å². The van der Waals surface area contributed by atoms with E-state index in [4.69, 9.17) is 0 Å². The number of sulfonamides is 1. The van der Waals surface area contributed by atoms with Gasteiger partial charge in [0, 0.05) is 43.3 Å². The molecule has 1 aliphatic rings. The van der Waals surface area contributed by atoms with Gasteiger partial charge in [-0.05, 0) is 50.5 Å². The number of nitrogens with one attached hydrogen (secondary N) is 1. The molecule has 0 saturated carbocycles. The summed E-state index contributed by atoms with van der Waals surface area (Å²) in [6, 6.07) is 11.6. The molecule has 2 heterocycles. The maximum Gasteiger partial charge on any atom is 0.252 e. The number of rotatable bonds is 9. The number of amides is 1. The molecule has 0 atom stereocenters. The first-order chi connectivity index (χ1) is 14.4. The topological polar surface area (TPSA) is 69.7 Å². The van der Waals surface area contributed by atoms with Crippen LogP contribution in [0, 0.1) is 6.92 Å². The molecule has 1 aromatic carbocycles. The summed E-state index contributed by atoms with van der Waals surface area (Å²) in [4.78, 5) is 15.4. The number of likely N-dealkylation sites (N-methyl/N-ethyl adjacent to an activating group) is 1. The van der Waals surface area contributed by atoms with Crippen LogP contribution in [0.1, 0.15) is 36.6 Å². The fourth-order valence-electron chi connectivity index (χ4n) is 3.74. The van der Waals surface area contributed by atoms with Gasteiger partial charge in [0.05, 0.1) is 6.42 Å². The number of anilines is 1. The quantitative estimate of drug-likeness (QED) is 0.637. The molecule has 0 radical (unpaired) electrons. The van der Waals surface area contributed by atoms with Gasteiger partial charge >= 0.3 is 0 Å². The third kappa shape index (κ3) is 5.62. The monoisotopic (exact) mass is 449 g/mol. The van der Waals surface area contributed by atoms with Crippen LogP contribution in [-0.2, 0) is 21.2 Å². The second kappa shape index (κ2) is 10.4. The minimum absolute atomic E-state index is 0.0837. The Labute approximate surface area is 183 Å². The van der Waals surface area contributed by atoms with Gasteiger partial charge in [-0.3, -0.25) is 4.79 Å². The van der Waals surface area contributed by atoms with E-state index in [0.29, 0.717) is 23.8 Å². The van der Waals surface area contributed by atoms with Crippen LogP contribution in [0.3, 0.4) is 0 Å². The number of thiophene rings is 1. The van der Waals surface area contributed by atoms with E-state index in [1.165, 1.54) is 22.6 Å². The Hall–Kier alpha value is -1.90. The van der Waals surface area contributed by atoms with Crippen molar-refractivity contribution in [1.29, 1.82) is 0 Å². The van der Waals surface area contributed by atoms with Crippen LogP contribution in [0.2, 0.25) is 0 Å². The van der Waals surface area contributed by atoms with Gasteiger partial charge in [-0.25, -0.2) is 8.42 Å². The van der Waals surface area contributed by atoms with Crippen molar-refractivity contribution < 1.29 is 13.2 Å². The molecule has 0 spiro atoms. The lowest BCUT2D eigenvalue weighted by Crippen LogP contribution is -2.35. The molecule has 1 amide bonds. The molecule has 0 aliphatic carbocycles. The van der Waals surface area contributed by atoms with E-state index < -0.39 is 10.0 Å². The van der Waals surface area contributed by atoms with Crippen molar-refractivity contribution in [2.24, 2.45) is 0 Å². The number of carbonyl (C=O) groups is 1. The molecule has 0 bridgehead atoms. The second-order valence-electron chi connectivity index (χ2n) is 7.58. The lowest BCUT2D eigenvalue weighted by atomic mass is 10.2. The highest BCUT2D eigenvalue weighted by Crippen LogP contribution is 2.27. The second-order valence-corrected chi connectivity index (χ2v) is 10.9. The summed E-state index contributed by atoms with van der Waals surface area (Å²) in [6.07, 6.45) is 3.12. The number of piperidine rings is 1. The average Bonchev–Trinajstić information content (AvgIpc) is 3.22. The van der Waals surface area contributed by atoms with Gasteiger partial charge in [0.2, 0.25) is 5.91 Å². The molecule has 164 valence electrons. The zero-order chi connectivity index (χ0) is 21.6. The number of hydrogen-bond donors (Lipinski definition) is 1. The SMILES string of the molecule is CCN(CCNC(=O)Cc1ccc(S(=O)(=O)N2CCCCC2)s1)c1ccccc1C. The Kier molecular flexibility index (Phi) is 7.91. The predicted octanol–water partition coefficient (Wildman–Crippen LogP) is 3.42. The number of nitrogens with zero attached hydrogens (tertiary/aromatic N) is 2. The van der Waals surface area contributed by atoms with Crippen molar-refractivity contribution in [3.8, 4) is 0 Å². The third-order valence-electron chi connectivity index (χ3n) is 5.42. The average molecular weight is 450 g/mol. The predicted molar refractivity (Wildman–Crippen MR) is 123 cm³/mol. The Bertz CT molecular complexity index is 950. The number of benzene rings is 1. The first-order valence-corrected chi connectivity index (χ1v) is 12.8. The summed E-state index contributed by atoms with van der Waals surface area (Å²) in [5.74, 6) is -0.0837. The van der Waals surface area contributed by atoms with E-state index in [1.807, 2.05) is 12.1 Å². The van der Waals surface area contributed by atoms with Gasteiger partial charge in [0.15, 0.2) is 0 Å². The Morgan fingerprint density at radius 1 is 1.13 bits per heavy atom. The third-order valence-corrected chi connectivity index (χ3v) is 8.87. The van der Waals surface area contributed by atoms with Crippen LogP contribution in [0.25, 0.3) is 0 Å². The number of carbonyl (C=O) groups excluding carboxylic acids is 1. The Morgan fingerprint density at radius 2 is 1.87 bits per heavy atom. The van der Waals surface area contributed by atoms with Crippen LogP contribution < -0.4 is 10.2 Å². The summed E-state index contributed by atoms with van der Waals surface area (Å²) < 4.78 is 27.4. The summed E-state index contributed by atoms with van der Waals surface area (Å²) in [6.45, 7) is 7.50. The zero-order valence-corrected chi connectivity index (χ0v) is 19.4. The van der Waals surface area contributed by atoms with Crippen molar-refractivity contribution >= 4 is 33.0 Å². The molecule has 8 heteroatoms. The van der Waals surface area contributed by atoms with E-state index in [9.17, 15) is 13.2 Å². The van der Waals surface area contributed by atoms with Crippen molar-refractivity contribution in [2.75, 3.05) is 37.6 Å². The summed E-state index contributed by atoms with van der Waals surface area (Å²) in [5, 5.41) is 2.96. The highest BCUT2D eigenvalue weighted by molar-refractivity contribution is 7.91. The maximum atomic E-state index is 12.8. The fourth-order valence-corrected chi connectivity index (χ4v) is 6.77. The van der Waals surface area contributed by atoms with Gasteiger partial charge in [-0.15, -0.1) is 11.3 Å². The number of aryl methyl sites for hydroxylation is 1.